The van der Waals surface area contributed by atoms with Crippen molar-refractivity contribution < 1.29 is 9.53 Å². The molecule has 0 aliphatic carbocycles. The second-order valence-electron chi connectivity index (χ2n) is 5.37. The zero-order chi connectivity index (χ0) is 13.5. The summed E-state index contributed by atoms with van der Waals surface area (Å²) in [5.74, 6) is 0. The lowest BCUT2D eigenvalue weighted by Crippen LogP contribution is -2.50. The predicted molar refractivity (Wildman–Crippen MR) is 80.0 cm³/mol. The van der Waals surface area contributed by atoms with Crippen LogP contribution in [0, 0.1) is 0 Å². The largest absolute Gasteiger partial charge is 0.447 e. The maximum absolute atomic E-state index is 11.7. The maximum Gasteiger partial charge on any atom is 0.410 e. The molecule has 114 valence electrons. The van der Waals surface area contributed by atoms with Crippen LogP contribution >= 0.6 is 12.4 Å². The highest BCUT2D eigenvalue weighted by molar-refractivity contribution is 5.85. The van der Waals surface area contributed by atoms with Gasteiger partial charge >= 0.3 is 6.09 Å². The van der Waals surface area contributed by atoms with E-state index in [0.717, 1.165) is 39.3 Å². The van der Waals surface area contributed by atoms with Gasteiger partial charge < -0.3 is 15.0 Å². The standard InChI is InChI=1S/C13H27N3O2.ClH/c1-11(2)14-5-6-15-7-9-16(10-8-15)13(17)18-12(3)4;/h11-12,14H,5-10H2,1-4H3;1H. The molecule has 6 heteroatoms. The number of nitrogens with one attached hydrogen (secondary N) is 1. The SMILES string of the molecule is CC(C)NCCN1CCN(C(=O)OC(C)C)CC1.Cl. The van der Waals surface area contributed by atoms with Crippen molar-refractivity contribution in [3.8, 4) is 0 Å². The van der Waals surface area contributed by atoms with Crippen molar-refractivity contribution in [2.75, 3.05) is 39.3 Å². The minimum Gasteiger partial charge on any atom is -0.447 e. The third-order valence-corrected chi connectivity index (χ3v) is 2.95. The van der Waals surface area contributed by atoms with Crippen molar-refractivity contribution in [3.63, 3.8) is 0 Å². The van der Waals surface area contributed by atoms with Gasteiger partial charge in [0.2, 0.25) is 0 Å². The first-order valence-corrected chi connectivity index (χ1v) is 6.90. The van der Waals surface area contributed by atoms with Gasteiger partial charge in [-0.3, -0.25) is 4.90 Å². The molecule has 1 heterocycles. The van der Waals surface area contributed by atoms with Gasteiger partial charge in [-0.25, -0.2) is 4.79 Å². The summed E-state index contributed by atoms with van der Waals surface area (Å²) in [7, 11) is 0. The highest BCUT2D eigenvalue weighted by Gasteiger charge is 2.22. The van der Waals surface area contributed by atoms with Crippen molar-refractivity contribution in [1.82, 2.24) is 15.1 Å². The number of carbonyl (C=O) groups excluding carboxylic acids is 1. The number of amides is 1. The van der Waals surface area contributed by atoms with E-state index in [1.807, 2.05) is 13.8 Å². The molecule has 0 aromatic rings. The zero-order valence-electron chi connectivity index (χ0n) is 12.5. The molecule has 1 fully saturated rings. The van der Waals surface area contributed by atoms with E-state index >= 15 is 0 Å². The first-order valence-electron chi connectivity index (χ1n) is 6.90. The van der Waals surface area contributed by atoms with E-state index in [0.29, 0.717) is 6.04 Å². The Labute approximate surface area is 123 Å². The number of halogens is 1. The average molecular weight is 294 g/mol. The van der Waals surface area contributed by atoms with Crippen LogP contribution in [0.2, 0.25) is 0 Å². The minimum absolute atomic E-state index is 0. The summed E-state index contributed by atoms with van der Waals surface area (Å²) in [6.45, 7) is 13.5. The van der Waals surface area contributed by atoms with E-state index in [4.69, 9.17) is 4.74 Å². The van der Waals surface area contributed by atoms with Crippen molar-refractivity contribution in [2.45, 2.75) is 39.8 Å². The number of carbonyl (C=O) groups is 1. The summed E-state index contributed by atoms with van der Waals surface area (Å²) in [6.07, 6.45) is -0.212. The van der Waals surface area contributed by atoms with Crippen LogP contribution < -0.4 is 5.32 Å². The van der Waals surface area contributed by atoms with E-state index in [1.54, 1.807) is 4.90 Å². The normalized spacial score (nSPS) is 16.6. The van der Waals surface area contributed by atoms with Gasteiger partial charge in [-0.2, -0.15) is 0 Å². The van der Waals surface area contributed by atoms with Crippen LogP contribution in [0.1, 0.15) is 27.7 Å². The van der Waals surface area contributed by atoms with Crippen molar-refractivity contribution in [2.24, 2.45) is 0 Å². The molecular formula is C13H28ClN3O2. The first kappa shape index (κ1) is 18.5. The van der Waals surface area contributed by atoms with Gasteiger partial charge in [0.1, 0.15) is 0 Å². The van der Waals surface area contributed by atoms with Gasteiger partial charge in [-0.15, -0.1) is 12.4 Å². The van der Waals surface area contributed by atoms with Crippen LogP contribution in [0.15, 0.2) is 0 Å². The second-order valence-corrected chi connectivity index (χ2v) is 5.37. The lowest BCUT2D eigenvalue weighted by molar-refractivity contribution is 0.0573. The van der Waals surface area contributed by atoms with E-state index in [9.17, 15) is 4.79 Å². The lowest BCUT2D eigenvalue weighted by atomic mass is 10.3. The quantitative estimate of drug-likeness (QED) is 0.836. The summed E-state index contributed by atoms with van der Waals surface area (Å²) in [6, 6.07) is 0.535. The van der Waals surface area contributed by atoms with Crippen molar-refractivity contribution in [3.05, 3.63) is 0 Å². The lowest BCUT2D eigenvalue weighted by Gasteiger charge is -2.34. The Morgan fingerprint density at radius 3 is 2.21 bits per heavy atom. The van der Waals surface area contributed by atoms with E-state index < -0.39 is 0 Å². The van der Waals surface area contributed by atoms with Gasteiger partial charge in [0.15, 0.2) is 0 Å². The molecular weight excluding hydrogens is 266 g/mol. The second kappa shape index (κ2) is 9.39. The minimum atomic E-state index is -0.176. The molecule has 0 bridgehead atoms. The third kappa shape index (κ3) is 7.60. The van der Waals surface area contributed by atoms with E-state index in [-0.39, 0.29) is 24.6 Å². The van der Waals surface area contributed by atoms with E-state index in [1.165, 1.54) is 0 Å². The summed E-state index contributed by atoms with van der Waals surface area (Å²) >= 11 is 0. The number of hydrogen-bond acceptors (Lipinski definition) is 4. The Kier molecular flexibility index (Phi) is 9.14. The molecule has 1 saturated heterocycles. The van der Waals surface area contributed by atoms with Crippen LogP contribution in [0.4, 0.5) is 4.79 Å². The number of piperazine rings is 1. The summed E-state index contributed by atoms with van der Waals surface area (Å²) in [4.78, 5) is 15.9. The molecule has 0 spiro atoms. The summed E-state index contributed by atoms with van der Waals surface area (Å²) in [5, 5.41) is 3.41. The summed E-state index contributed by atoms with van der Waals surface area (Å²) in [5.41, 5.74) is 0. The molecule has 1 aliphatic rings. The molecule has 0 atom stereocenters. The van der Waals surface area contributed by atoms with Crippen LogP contribution in [0.3, 0.4) is 0 Å². The Morgan fingerprint density at radius 1 is 1.16 bits per heavy atom. The third-order valence-electron chi connectivity index (χ3n) is 2.95. The molecule has 0 unspecified atom stereocenters. The zero-order valence-corrected chi connectivity index (χ0v) is 13.3. The van der Waals surface area contributed by atoms with Gasteiger partial charge in [-0.1, -0.05) is 13.8 Å². The average Bonchev–Trinajstić information content (AvgIpc) is 2.28. The number of hydrogen-bond donors (Lipinski definition) is 1. The van der Waals surface area contributed by atoms with Crippen molar-refractivity contribution >= 4 is 18.5 Å². The van der Waals surface area contributed by atoms with Crippen LogP contribution in [0.5, 0.6) is 0 Å². The molecule has 19 heavy (non-hydrogen) atoms. The number of nitrogens with zero attached hydrogens (tertiary/aromatic N) is 2. The Morgan fingerprint density at radius 2 is 1.74 bits per heavy atom. The number of rotatable bonds is 5. The molecule has 0 aromatic heterocycles. The molecule has 1 rings (SSSR count). The Balaban J connectivity index is 0.00000324. The fourth-order valence-electron chi connectivity index (χ4n) is 1.94. The smallest absolute Gasteiger partial charge is 0.410 e. The topological polar surface area (TPSA) is 44.8 Å². The predicted octanol–water partition coefficient (Wildman–Crippen LogP) is 1.57. The molecule has 1 amide bonds. The van der Waals surface area contributed by atoms with Crippen LogP contribution in [-0.2, 0) is 4.74 Å². The molecule has 1 N–H and O–H groups in total. The van der Waals surface area contributed by atoms with Gasteiger partial charge in [0.05, 0.1) is 6.10 Å². The van der Waals surface area contributed by atoms with Gasteiger partial charge in [-0.05, 0) is 13.8 Å². The fraction of sp³-hybridized carbons (Fsp3) is 0.923. The molecule has 5 nitrogen and oxygen atoms in total. The highest BCUT2D eigenvalue weighted by atomic mass is 35.5. The van der Waals surface area contributed by atoms with E-state index in [2.05, 4.69) is 24.1 Å². The summed E-state index contributed by atoms with van der Waals surface area (Å²) < 4.78 is 5.19. The molecule has 0 aromatic carbocycles. The molecule has 0 saturated carbocycles. The van der Waals surface area contributed by atoms with Gasteiger partial charge in [0.25, 0.3) is 0 Å². The maximum atomic E-state index is 11.7. The number of ether oxygens (including phenoxy) is 1. The highest BCUT2D eigenvalue weighted by Crippen LogP contribution is 2.04. The fourth-order valence-corrected chi connectivity index (χ4v) is 1.94. The van der Waals surface area contributed by atoms with Gasteiger partial charge in [0, 0.05) is 45.3 Å². The first-order chi connectivity index (χ1) is 8.49. The van der Waals surface area contributed by atoms with Crippen LogP contribution in [0.25, 0.3) is 0 Å². The van der Waals surface area contributed by atoms with Crippen LogP contribution in [-0.4, -0.2) is 67.3 Å². The van der Waals surface area contributed by atoms with Crippen molar-refractivity contribution in [1.29, 1.82) is 0 Å². The monoisotopic (exact) mass is 293 g/mol. The molecule has 0 radical (unpaired) electrons. The Hall–Kier alpha value is -0.520. The Bertz CT molecular complexity index is 254. The molecule has 1 aliphatic heterocycles.